The van der Waals surface area contributed by atoms with Gasteiger partial charge in [0, 0.05) is 24.4 Å². The lowest BCUT2D eigenvalue weighted by molar-refractivity contribution is -0.138. The van der Waals surface area contributed by atoms with Crippen molar-refractivity contribution in [3.63, 3.8) is 0 Å². The van der Waals surface area contributed by atoms with Crippen molar-refractivity contribution in [1.29, 1.82) is 0 Å². The molecular weight excluding hydrogens is 332 g/mol. The number of aliphatic carboxylic acids is 1. The van der Waals surface area contributed by atoms with Crippen molar-refractivity contribution in [2.75, 3.05) is 31.6 Å². The van der Waals surface area contributed by atoms with Crippen LogP contribution in [0.2, 0.25) is 0 Å². The summed E-state index contributed by atoms with van der Waals surface area (Å²) in [5, 5.41) is 11.9. The van der Waals surface area contributed by atoms with E-state index in [9.17, 15) is 14.4 Å². The lowest BCUT2D eigenvalue weighted by Crippen LogP contribution is -2.41. The van der Waals surface area contributed by atoms with Crippen LogP contribution in [0.4, 0.5) is 5.00 Å². The number of aryl methyl sites for hydroxylation is 1. The lowest BCUT2D eigenvalue weighted by Gasteiger charge is -2.27. The van der Waals surface area contributed by atoms with Crippen LogP contribution >= 0.6 is 11.3 Å². The van der Waals surface area contributed by atoms with Crippen molar-refractivity contribution < 1.29 is 24.2 Å². The maximum atomic E-state index is 12.9. The van der Waals surface area contributed by atoms with Gasteiger partial charge in [-0.3, -0.25) is 14.4 Å². The summed E-state index contributed by atoms with van der Waals surface area (Å²) < 4.78 is 5.28. The van der Waals surface area contributed by atoms with E-state index in [0.29, 0.717) is 43.3 Å². The van der Waals surface area contributed by atoms with Gasteiger partial charge in [0.25, 0.3) is 5.91 Å². The molecule has 0 bridgehead atoms. The molecular formula is C16H22N2O5S. The highest BCUT2D eigenvalue weighted by Gasteiger charge is 2.27. The predicted octanol–water partition coefficient (Wildman–Crippen LogP) is 1.89. The van der Waals surface area contributed by atoms with E-state index in [1.165, 1.54) is 11.3 Å². The van der Waals surface area contributed by atoms with Gasteiger partial charge in [-0.2, -0.15) is 0 Å². The number of morpholine rings is 1. The summed E-state index contributed by atoms with van der Waals surface area (Å²) in [6.45, 7) is 5.98. The molecule has 0 saturated carbocycles. The van der Waals surface area contributed by atoms with Crippen molar-refractivity contribution in [3.05, 3.63) is 16.0 Å². The quantitative estimate of drug-likeness (QED) is 0.813. The molecule has 1 saturated heterocycles. The molecule has 1 aromatic rings. The fourth-order valence-corrected chi connectivity index (χ4v) is 3.81. The van der Waals surface area contributed by atoms with Gasteiger partial charge >= 0.3 is 5.97 Å². The highest BCUT2D eigenvalue weighted by atomic mass is 32.1. The standard InChI is InChI=1S/C16H22N2O5S/c1-3-11-10(2)24-15(17-12(19)4-5-13(20)21)14(11)16(22)18-6-8-23-9-7-18/h3-9H2,1-2H3,(H,17,19)(H,20,21). The third-order valence-corrected chi connectivity index (χ3v) is 4.96. The molecule has 7 nitrogen and oxygen atoms in total. The fraction of sp³-hybridized carbons (Fsp3) is 0.562. The highest BCUT2D eigenvalue weighted by molar-refractivity contribution is 7.16. The van der Waals surface area contributed by atoms with Gasteiger partial charge in [0.15, 0.2) is 0 Å². The number of carboxylic acid groups (broad SMARTS) is 1. The van der Waals surface area contributed by atoms with Crippen molar-refractivity contribution in [1.82, 2.24) is 4.90 Å². The molecule has 0 unspecified atom stereocenters. The number of hydrogen-bond acceptors (Lipinski definition) is 5. The molecule has 0 aliphatic carbocycles. The first-order chi connectivity index (χ1) is 11.4. The molecule has 1 fully saturated rings. The van der Waals surface area contributed by atoms with Crippen molar-refractivity contribution in [2.24, 2.45) is 0 Å². The number of hydrogen-bond donors (Lipinski definition) is 2. The van der Waals surface area contributed by atoms with Crippen LogP contribution < -0.4 is 5.32 Å². The van der Waals surface area contributed by atoms with E-state index in [-0.39, 0.29) is 18.7 Å². The molecule has 2 N–H and O–H groups in total. The first-order valence-corrected chi connectivity index (χ1v) is 8.76. The van der Waals surface area contributed by atoms with Gasteiger partial charge in [0.1, 0.15) is 5.00 Å². The van der Waals surface area contributed by atoms with E-state index in [1.807, 2.05) is 13.8 Å². The SMILES string of the molecule is CCc1c(C)sc(NC(=O)CCC(=O)O)c1C(=O)N1CCOCC1. The zero-order valence-electron chi connectivity index (χ0n) is 13.9. The molecule has 8 heteroatoms. The van der Waals surface area contributed by atoms with Crippen LogP contribution in [0.3, 0.4) is 0 Å². The Kier molecular flexibility index (Phi) is 6.33. The summed E-state index contributed by atoms with van der Waals surface area (Å²) in [6, 6.07) is 0. The first-order valence-electron chi connectivity index (χ1n) is 7.95. The number of thiophene rings is 1. The number of carboxylic acids is 1. The third kappa shape index (κ3) is 4.33. The average molecular weight is 354 g/mol. The highest BCUT2D eigenvalue weighted by Crippen LogP contribution is 2.34. The van der Waals surface area contributed by atoms with Gasteiger partial charge in [0.2, 0.25) is 5.91 Å². The summed E-state index contributed by atoms with van der Waals surface area (Å²) in [5.41, 5.74) is 1.47. The molecule has 2 rings (SSSR count). The Morgan fingerprint density at radius 3 is 2.50 bits per heavy atom. The minimum absolute atomic E-state index is 0.104. The molecule has 0 atom stereocenters. The second-order valence-electron chi connectivity index (χ2n) is 5.54. The summed E-state index contributed by atoms with van der Waals surface area (Å²) >= 11 is 1.36. The minimum atomic E-state index is -1.02. The van der Waals surface area contributed by atoms with E-state index in [0.717, 1.165) is 10.4 Å². The van der Waals surface area contributed by atoms with Crippen LogP contribution in [0.25, 0.3) is 0 Å². The van der Waals surface area contributed by atoms with Crippen LogP contribution in [-0.4, -0.2) is 54.1 Å². The Morgan fingerprint density at radius 2 is 1.92 bits per heavy atom. The van der Waals surface area contributed by atoms with E-state index in [4.69, 9.17) is 9.84 Å². The summed E-state index contributed by atoms with van der Waals surface area (Å²) in [6.07, 6.45) is 0.348. The van der Waals surface area contributed by atoms with Gasteiger partial charge < -0.3 is 20.1 Å². The van der Waals surface area contributed by atoms with Gasteiger partial charge in [-0.25, -0.2) is 0 Å². The molecule has 1 aromatic heterocycles. The van der Waals surface area contributed by atoms with Gasteiger partial charge in [-0.1, -0.05) is 6.92 Å². The van der Waals surface area contributed by atoms with Crippen LogP contribution in [0.1, 0.15) is 40.6 Å². The number of rotatable bonds is 6. The largest absolute Gasteiger partial charge is 0.481 e. The van der Waals surface area contributed by atoms with Crippen LogP contribution in [0.5, 0.6) is 0 Å². The number of nitrogens with one attached hydrogen (secondary N) is 1. The molecule has 132 valence electrons. The molecule has 0 radical (unpaired) electrons. The zero-order valence-corrected chi connectivity index (χ0v) is 14.7. The van der Waals surface area contributed by atoms with Crippen LogP contribution in [0, 0.1) is 6.92 Å². The fourth-order valence-electron chi connectivity index (χ4n) is 2.65. The normalized spacial score (nSPS) is 14.5. The maximum Gasteiger partial charge on any atom is 0.303 e. The smallest absolute Gasteiger partial charge is 0.303 e. The number of amides is 2. The Hall–Kier alpha value is -1.93. The monoisotopic (exact) mass is 354 g/mol. The van der Waals surface area contributed by atoms with Gasteiger partial charge in [-0.05, 0) is 18.9 Å². The summed E-state index contributed by atoms with van der Waals surface area (Å²) in [7, 11) is 0. The minimum Gasteiger partial charge on any atom is -0.481 e. The van der Waals surface area contributed by atoms with Crippen LogP contribution in [0.15, 0.2) is 0 Å². The van der Waals surface area contributed by atoms with Crippen molar-refractivity contribution in [3.8, 4) is 0 Å². The Balaban J connectivity index is 2.22. The topological polar surface area (TPSA) is 95.9 Å². The van der Waals surface area contributed by atoms with Crippen molar-refractivity contribution >= 4 is 34.1 Å². The second-order valence-corrected chi connectivity index (χ2v) is 6.77. The number of carbonyl (C=O) groups excluding carboxylic acids is 2. The summed E-state index contributed by atoms with van der Waals surface area (Å²) in [4.78, 5) is 38.2. The first kappa shape index (κ1) is 18.4. The Labute approximate surface area is 144 Å². The molecule has 2 heterocycles. The molecule has 1 aliphatic heterocycles. The third-order valence-electron chi connectivity index (χ3n) is 3.89. The number of anilines is 1. The molecule has 24 heavy (non-hydrogen) atoms. The lowest BCUT2D eigenvalue weighted by atomic mass is 10.1. The van der Waals surface area contributed by atoms with E-state index in [1.54, 1.807) is 4.90 Å². The summed E-state index contributed by atoms with van der Waals surface area (Å²) in [5.74, 6) is -1.52. The number of ether oxygens (including phenoxy) is 1. The average Bonchev–Trinajstić information content (AvgIpc) is 2.88. The molecule has 0 aromatic carbocycles. The van der Waals surface area contributed by atoms with E-state index in [2.05, 4.69) is 5.32 Å². The van der Waals surface area contributed by atoms with Crippen LogP contribution in [-0.2, 0) is 20.7 Å². The number of nitrogens with zero attached hydrogens (tertiary/aromatic N) is 1. The maximum absolute atomic E-state index is 12.9. The second kappa shape index (κ2) is 8.25. The Morgan fingerprint density at radius 1 is 1.25 bits per heavy atom. The van der Waals surface area contributed by atoms with E-state index >= 15 is 0 Å². The predicted molar refractivity (Wildman–Crippen MR) is 90.7 cm³/mol. The van der Waals surface area contributed by atoms with Crippen molar-refractivity contribution in [2.45, 2.75) is 33.1 Å². The van der Waals surface area contributed by atoms with Gasteiger partial charge in [-0.15, -0.1) is 11.3 Å². The molecule has 0 spiro atoms. The molecule has 1 aliphatic rings. The Bertz CT molecular complexity index is 635. The zero-order chi connectivity index (χ0) is 17.7. The molecule has 2 amide bonds. The van der Waals surface area contributed by atoms with E-state index < -0.39 is 11.9 Å². The van der Waals surface area contributed by atoms with Gasteiger partial charge in [0.05, 0.1) is 25.2 Å². The number of carbonyl (C=O) groups is 3.